The van der Waals surface area contributed by atoms with E-state index in [4.69, 9.17) is 58.6 Å². The van der Waals surface area contributed by atoms with E-state index in [-0.39, 0.29) is 5.11 Å². The third-order valence-corrected chi connectivity index (χ3v) is 3.22. The van der Waals surface area contributed by atoms with E-state index in [0.717, 1.165) is 0 Å². The highest BCUT2D eigenvalue weighted by atomic mass is 35.6. The number of amides is 1. The summed E-state index contributed by atoms with van der Waals surface area (Å²) in [6.45, 7) is -1.24. The van der Waals surface area contributed by atoms with Crippen molar-refractivity contribution in [2.45, 2.75) is 9.96 Å². The first-order valence-electron chi connectivity index (χ1n) is 5.47. The summed E-state index contributed by atoms with van der Waals surface area (Å²) in [6, 6.07) is 6.74. The summed E-state index contributed by atoms with van der Waals surface area (Å²) in [5, 5.41) is 8.09. The number of halogens is 5. The Morgan fingerprint density at radius 2 is 2.00 bits per heavy atom. The fraction of sp³-hybridized carbons (Fsp3) is 0.273. The van der Waals surface area contributed by atoms with Crippen molar-refractivity contribution in [3.05, 3.63) is 29.3 Å². The Kier molecular flexibility index (Phi) is 7.23. The van der Waals surface area contributed by atoms with Gasteiger partial charge in [-0.25, -0.2) is 4.39 Å². The molecular weight excluding hydrogens is 383 g/mol. The Bertz CT molecular complexity index is 526. The van der Waals surface area contributed by atoms with Crippen LogP contribution in [0.5, 0.6) is 0 Å². The van der Waals surface area contributed by atoms with E-state index in [0.29, 0.717) is 10.7 Å². The lowest BCUT2D eigenvalue weighted by molar-refractivity contribution is -0.122. The topological polar surface area (TPSA) is 53.2 Å². The van der Waals surface area contributed by atoms with Gasteiger partial charge in [0, 0.05) is 10.7 Å². The molecule has 0 bridgehead atoms. The van der Waals surface area contributed by atoms with Gasteiger partial charge in [0.1, 0.15) is 6.17 Å². The van der Waals surface area contributed by atoms with Crippen LogP contribution in [0.3, 0.4) is 0 Å². The second-order valence-corrected chi connectivity index (χ2v) is 7.00. The molecule has 1 unspecified atom stereocenters. The van der Waals surface area contributed by atoms with E-state index < -0.39 is 22.5 Å². The predicted octanol–water partition coefficient (Wildman–Crippen LogP) is 3.41. The quantitative estimate of drug-likeness (QED) is 0.417. The van der Waals surface area contributed by atoms with E-state index in [1.807, 2.05) is 0 Å². The van der Waals surface area contributed by atoms with E-state index >= 15 is 0 Å². The van der Waals surface area contributed by atoms with E-state index in [1.54, 1.807) is 24.3 Å². The number of alkyl halides is 4. The van der Waals surface area contributed by atoms with Gasteiger partial charge in [-0.2, -0.15) is 0 Å². The lowest BCUT2D eigenvalue weighted by atomic mass is 10.3. The normalized spacial score (nSPS) is 12.4. The minimum atomic E-state index is -1.93. The molecule has 0 aliphatic carbocycles. The van der Waals surface area contributed by atoms with Crippen molar-refractivity contribution in [3.8, 4) is 0 Å². The molecule has 116 valence electrons. The van der Waals surface area contributed by atoms with Crippen LogP contribution in [0, 0.1) is 0 Å². The van der Waals surface area contributed by atoms with Crippen LogP contribution < -0.4 is 16.0 Å². The molecular formula is C11H10Cl4FN3OS. The molecule has 0 aliphatic rings. The van der Waals surface area contributed by atoms with Crippen molar-refractivity contribution in [2.75, 3.05) is 12.0 Å². The van der Waals surface area contributed by atoms with Gasteiger partial charge >= 0.3 is 0 Å². The van der Waals surface area contributed by atoms with E-state index in [2.05, 4.69) is 16.0 Å². The number of anilines is 1. The van der Waals surface area contributed by atoms with Gasteiger partial charge in [0.15, 0.2) is 11.8 Å². The Balaban J connectivity index is 2.70. The summed E-state index contributed by atoms with van der Waals surface area (Å²) in [5.74, 6) is -0.940. The number of benzene rings is 1. The zero-order valence-electron chi connectivity index (χ0n) is 10.3. The van der Waals surface area contributed by atoms with Crippen molar-refractivity contribution in [2.24, 2.45) is 0 Å². The maximum Gasteiger partial charge on any atom is 0.253 e. The third kappa shape index (κ3) is 6.84. The van der Waals surface area contributed by atoms with E-state index in [1.165, 1.54) is 0 Å². The van der Waals surface area contributed by atoms with Gasteiger partial charge in [0.2, 0.25) is 3.79 Å². The molecule has 0 spiro atoms. The van der Waals surface area contributed by atoms with Crippen molar-refractivity contribution in [3.63, 3.8) is 0 Å². The van der Waals surface area contributed by atoms with Gasteiger partial charge in [-0.1, -0.05) is 52.5 Å². The molecule has 0 heterocycles. The maximum atomic E-state index is 12.2. The lowest BCUT2D eigenvalue weighted by Gasteiger charge is -2.27. The third-order valence-electron chi connectivity index (χ3n) is 2.11. The van der Waals surface area contributed by atoms with Gasteiger partial charge in [-0.3, -0.25) is 4.79 Å². The summed E-state index contributed by atoms with van der Waals surface area (Å²) in [5.41, 5.74) is 0.597. The highest BCUT2D eigenvalue weighted by Crippen LogP contribution is 2.29. The molecule has 0 saturated carbocycles. The van der Waals surface area contributed by atoms with Crippen LogP contribution in [0.15, 0.2) is 24.3 Å². The Morgan fingerprint density at radius 3 is 2.52 bits per heavy atom. The summed E-state index contributed by atoms with van der Waals surface area (Å²) < 4.78 is 10.3. The van der Waals surface area contributed by atoms with Crippen LogP contribution in [0.25, 0.3) is 0 Å². The highest BCUT2D eigenvalue weighted by Gasteiger charge is 2.34. The zero-order chi connectivity index (χ0) is 16.0. The predicted molar refractivity (Wildman–Crippen MR) is 89.0 cm³/mol. The monoisotopic (exact) mass is 391 g/mol. The van der Waals surface area contributed by atoms with Crippen LogP contribution in [-0.4, -0.2) is 27.7 Å². The first kappa shape index (κ1) is 18.5. The molecule has 0 radical (unpaired) electrons. The van der Waals surface area contributed by atoms with Gasteiger partial charge in [0.25, 0.3) is 5.91 Å². The van der Waals surface area contributed by atoms with Gasteiger partial charge in [-0.05, 0) is 30.4 Å². The number of carbonyl (C=O) groups is 1. The fourth-order valence-corrected chi connectivity index (χ4v) is 2.02. The number of carbonyl (C=O) groups excluding carboxylic acids is 1. The average molecular weight is 393 g/mol. The summed E-state index contributed by atoms with van der Waals surface area (Å²) in [4.78, 5) is 11.1. The molecule has 1 aromatic carbocycles. The van der Waals surface area contributed by atoms with Gasteiger partial charge in [-0.15, -0.1) is 0 Å². The van der Waals surface area contributed by atoms with Crippen molar-refractivity contribution in [1.29, 1.82) is 0 Å². The molecule has 1 rings (SSSR count). The SMILES string of the molecule is O=C(CF)NC(NC(=S)Nc1cccc(Cl)c1)C(Cl)(Cl)Cl. The van der Waals surface area contributed by atoms with Crippen molar-refractivity contribution < 1.29 is 9.18 Å². The minimum Gasteiger partial charge on any atom is -0.339 e. The number of thiocarbonyl (C=S) groups is 1. The fourth-order valence-electron chi connectivity index (χ4n) is 1.26. The average Bonchev–Trinajstić information content (AvgIpc) is 2.36. The van der Waals surface area contributed by atoms with E-state index in [9.17, 15) is 9.18 Å². The number of rotatable bonds is 4. The summed E-state index contributed by atoms with van der Waals surface area (Å²) in [7, 11) is 0. The number of nitrogens with one attached hydrogen (secondary N) is 3. The van der Waals surface area contributed by atoms with Gasteiger partial charge in [0.05, 0.1) is 0 Å². The molecule has 0 fully saturated rings. The molecule has 4 nitrogen and oxygen atoms in total. The smallest absolute Gasteiger partial charge is 0.253 e. The zero-order valence-corrected chi connectivity index (χ0v) is 14.1. The lowest BCUT2D eigenvalue weighted by Crippen LogP contribution is -2.56. The molecule has 3 N–H and O–H groups in total. The highest BCUT2D eigenvalue weighted by molar-refractivity contribution is 7.80. The standard InChI is InChI=1S/C11H10Cl4FN3OS/c12-6-2-1-3-7(4-6)17-10(21)19-9(11(13,14)15)18-8(20)5-16/h1-4,9H,5H2,(H,18,20)(H2,17,19,21). The van der Waals surface area contributed by atoms with Crippen molar-refractivity contribution >= 4 is 75.3 Å². The Labute approximate surface area is 146 Å². The van der Waals surface area contributed by atoms with Crippen LogP contribution in [0.1, 0.15) is 0 Å². The molecule has 0 aliphatic heterocycles. The molecule has 0 aromatic heterocycles. The molecule has 21 heavy (non-hydrogen) atoms. The first-order chi connectivity index (χ1) is 9.72. The molecule has 10 heteroatoms. The van der Waals surface area contributed by atoms with Crippen molar-refractivity contribution in [1.82, 2.24) is 10.6 Å². The summed E-state index contributed by atoms with van der Waals surface area (Å²) >= 11 is 27.9. The maximum absolute atomic E-state index is 12.2. The first-order valence-corrected chi connectivity index (χ1v) is 7.39. The molecule has 1 aromatic rings. The van der Waals surface area contributed by atoms with Crippen LogP contribution in [0.2, 0.25) is 5.02 Å². The Hall–Kier alpha value is -0.530. The number of hydrogen-bond acceptors (Lipinski definition) is 2. The molecule has 1 amide bonds. The van der Waals surface area contributed by atoms with Crippen LogP contribution in [0.4, 0.5) is 10.1 Å². The largest absolute Gasteiger partial charge is 0.339 e. The minimum absolute atomic E-state index is 0.0627. The number of hydrogen-bond donors (Lipinski definition) is 3. The van der Waals surface area contributed by atoms with Gasteiger partial charge < -0.3 is 16.0 Å². The molecule has 1 atom stereocenters. The second kappa shape index (κ2) is 8.19. The summed E-state index contributed by atoms with van der Waals surface area (Å²) in [6.07, 6.45) is -1.20. The Morgan fingerprint density at radius 1 is 1.33 bits per heavy atom. The second-order valence-electron chi connectivity index (χ2n) is 3.78. The molecule has 0 saturated heterocycles. The van der Waals surface area contributed by atoms with Crippen LogP contribution in [-0.2, 0) is 4.79 Å². The van der Waals surface area contributed by atoms with Crippen LogP contribution >= 0.6 is 58.6 Å².